The molecule has 2 rings (SSSR count). The van der Waals surface area contributed by atoms with E-state index in [1.165, 1.54) is 5.56 Å². The zero-order chi connectivity index (χ0) is 19.2. The lowest BCUT2D eigenvalue weighted by molar-refractivity contribution is -0.132. The zero-order valence-electron chi connectivity index (χ0n) is 15.2. The number of nitrogens with one attached hydrogen (secondary N) is 2. The van der Waals surface area contributed by atoms with Crippen LogP contribution in [0.15, 0.2) is 23.2 Å². The average molecular weight is 391 g/mol. The van der Waals surface area contributed by atoms with Crippen molar-refractivity contribution in [2.75, 3.05) is 37.6 Å². The van der Waals surface area contributed by atoms with E-state index in [1.54, 1.807) is 0 Å². The van der Waals surface area contributed by atoms with Crippen LogP contribution in [0.3, 0.4) is 0 Å². The number of guanidine groups is 1. The SMILES string of the molecule is CCNC(=NCC1CCN(c2cc(Cl)ccc2C)C1)NCCC(F)(F)F. The number of alkyl halides is 3. The summed E-state index contributed by atoms with van der Waals surface area (Å²) in [6.07, 6.45) is -4.04. The van der Waals surface area contributed by atoms with Crippen molar-refractivity contribution in [1.82, 2.24) is 10.6 Å². The predicted molar refractivity (Wildman–Crippen MR) is 101 cm³/mol. The molecule has 146 valence electrons. The summed E-state index contributed by atoms with van der Waals surface area (Å²) in [7, 11) is 0. The molecular weight excluding hydrogens is 365 g/mol. The molecule has 1 fully saturated rings. The van der Waals surface area contributed by atoms with Crippen LogP contribution in [0.4, 0.5) is 18.9 Å². The lowest BCUT2D eigenvalue weighted by Crippen LogP contribution is -2.39. The van der Waals surface area contributed by atoms with Gasteiger partial charge >= 0.3 is 6.18 Å². The van der Waals surface area contributed by atoms with E-state index in [9.17, 15) is 13.2 Å². The molecule has 1 heterocycles. The topological polar surface area (TPSA) is 39.7 Å². The maximum atomic E-state index is 12.3. The highest BCUT2D eigenvalue weighted by molar-refractivity contribution is 6.30. The highest BCUT2D eigenvalue weighted by atomic mass is 35.5. The van der Waals surface area contributed by atoms with E-state index in [0.717, 1.165) is 30.2 Å². The largest absolute Gasteiger partial charge is 0.390 e. The molecule has 0 spiro atoms. The van der Waals surface area contributed by atoms with Crippen LogP contribution < -0.4 is 15.5 Å². The van der Waals surface area contributed by atoms with Gasteiger partial charge in [-0.05, 0) is 43.9 Å². The summed E-state index contributed by atoms with van der Waals surface area (Å²) in [6, 6.07) is 5.87. The monoisotopic (exact) mass is 390 g/mol. The van der Waals surface area contributed by atoms with Crippen molar-refractivity contribution in [1.29, 1.82) is 0 Å². The van der Waals surface area contributed by atoms with E-state index in [2.05, 4.69) is 27.4 Å². The van der Waals surface area contributed by atoms with Crippen LogP contribution in [0, 0.1) is 12.8 Å². The third-order valence-electron chi connectivity index (χ3n) is 4.35. The lowest BCUT2D eigenvalue weighted by atomic mass is 10.1. The number of anilines is 1. The number of nitrogens with zero attached hydrogens (tertiary/aromatic N) is 2. The van der Waals surface area contributed by atoms with Gasteiger partial charge in [0.15, 0.2) is 5.96 Å². The van der Waals surface area contributed by atoms with Gasteiger partial charge in [-0.25, -0.2) is 0 Å². The molecule has 1 unspecified atom stereocenters. The molecule has 2 N–H and O–H groups in total. The van der Waals surface area contributed by atoms with Gasteiger partial charge in [-0.3, -0.25) is 4.99 Å². The second-order valence-electron chi connectivity index (χ2n) is 6.54. The molecule has 0 aliphatic carbocycles. The van der Waals surface area contributed by atoms with Crippen LogP contribution >= 0.6 is 11.6 Å². The Labute approximate surface area is 157 Å². The van der Waals surface area contributed by atoms with Crippen molar-refractivity contribution in [3.05, 3.63) is 28.8 Å². The molecule has 1 saturated heterocycles. The Bertz CT molecular complexity index is 619. The molecule has 1 aromatic carbocycles. The molecule has 0 radical (unpaired) electrons. The van der Waals surface area contributed by atoms with Crippen molar-refractivity contribution in [2.45, 2.75) is 32.9 Å². The number of hydrogen-bond acceptors (Lipinski definition) is 2. The van der Waals surface area contributed by atoms with Gasteiger partial charge in [0.05, 0.1) is 6.42 Å². The van der Waals surface area contributed by atoms with Crippen molar-refractivity contribution < 1.29 is 13.2 Å². The van der Waals surface area contributed by atoms with Crippen LogP contribution in [0.5, 0.6) is 0 Å². The molecule has 4 nitrogen and oxygen atoms in total. The van der Waals surface area contributed by atoms with Crippen LogP contribution in [0.2, 0.25) is 5.02 Å². The minimum atomic E-state index is -4.16. The molecule has 1 aliphatic heterocycles. The van der Waals surface area contributed by atoms with Gasteiger partial charge in [-0.2, -0.15) is 13.2 Å². The summed E-state index contributed by atoms with van der Waals surface area (Å²) in [6.45, 7) is 6.76. The summed E-state index contributed by atoms with van der Waals surface area (Å²) in [5.41, 5.74) is 2.32. The first-order chi connectivity index (χ1) is 12.3. The Balaban J connectivity index is 1.89. The van der Waals surface area contributed by atoms with Gasteiger partial charge in [0, 0.05) is 43.4 Å². The molecule has 0 saturated carbocycles. The highest BCUT2D eigenvalue weighted by Gasteiger charge is 2.26. The van der Waals surface area contributed by atoms with Crippen molar-refractivity contribution in [2.24, 2.45) is 10.9 Å². The maximum Gasteiger partial charge on any atom is 0.390 e. The summed E-state index contributed by atoms with van der Waals surface area (Å²) in [4.78, 5) is 6.75. The minimum Gasteiger partial charge on any atom is -0.371 e. The molecule has 0 amide bonds. The fraction of sp³-hybridized carbons (Fsp3) is 0.611. The number of benzene rings is 1. The molecule has 0 aromatic heterocycles. The van der Waals surface area contributed by atoms with Crippen LogP contribution in [-0.4, -0.2) is 44.9 Å². The quantitative estimate of drug-likeness (QED) is 0.570. The van der Waals surface area contributed by atoms with E-state index >= 15 is 0 Å². The molecular formula is C18H26ClF3N4. The van der Waals surface area contributed by atoms with Crippen LogP contribution in [-0.2, 0) is 0 Å². The van der Waals surface area contributed by atoms with Crippen molar-refractivity contribution in [3.63, 3.8) is 0 Å². The number of hydrogen-bond donors (Lipinski definition) is 2. The highest BCUT2D eigenvalue weighted by Crippen LogP contribution is 2.29. The van der Waals surface area contributed by atoms with E-state index in [1.807, 2.05) is 25.1 Å². The second-order valence-corrected chi connectivity index (χ2v) is 6.98. The van der Waals surface area contributed by atoms with Crippen molar-refractivity contribution >= 4 is 23.2 Å². The van der Waals surface area contributed by atoms with E-state index in [4.69, 9.17) is 11.6 Å². The van der Waals surface area contributed by atoms with Crippen LogP contribution in [0.1, 0.15) is 25.3 Å². The Hall–Kier alpha value is -1.63. The first-order valence-electron chi connectivity index (χ1n) is 8.88. The Kier molecular flexibility index (Phi) is 7.43. The molecule has 1 aliphatic rings. The zero-order valence-corrected chi connectivity index (χ0v) is 15.9. The van der Waals surface area contributed by atoms with E-state index in [0.29, 0.717) is 25.0 Å². The van der Waals surface area contributed by atoms with Gasteiger partial charge < -0.3 is 15.5 Å². The molecule has 1 aromatic rings. The number of aliphatic imine (C=N–C) groups is 1. The first-order valence-corrected chi connectivity index (χ1v) is 9.26. The number of halogens is 4. The Morgan fingerprint density at radius 1 is 1.35 bits per heavy atom. The van der Waals surface area contributed by atoms with Gasteiger partial charge in [-0.15, -0.1) is 0 Å². The van der Waals surface area contributed by atoms with Gasteiger partial charge in [0.25, 0.3) is 0 Å². The normalized spacial score (nSPS) is 18.3. The molecule has 1 atom stereocenters. The van der Waals surface area contributed by atoms with E-state index in [-0.39, 0.29) is 6.54 Å². The lowest BCUT2D eigenvalue weighted by Gasteiger charge is -2.21. The standard InChI is InChI=1S/C18H26ClF3N4/c1-3-23-17(24-8-7-18(20,21)22)25-11-14-6-9-26(12-14)16-10-15(19)5-4-13(16)2/h4-5,10,14H,3,6-9,11-12H2,1-2H3,(H2,23,24,25). The third kappa shape index (κ3) is 6.59. The third-order valence-corrected chi connectivity index (χ3v) is 4.59. The van der Waals surface area contributed by atoms with Crippen molar-refractivity contribution in [3.8, 4) is 0 Å². The fourth-order valence-electron chi connectivity index (χ4n) is 3.01. The molecule has 26 heavy (non-hydrogen) atoms. The Morgan fingerprint density at radius 3 is 2.81 bits per heavy atom. The Morgan fingerprint density at radius 2 is 2.12 bits per heavy atom. The second kappa shape index (κ2) is 9.35. The molecule has 8 heteroatoms. The average Bonchev–Trinajstić information content (AvgIpc) is 3.02. The number of aryl methyl sites for hydroxylation is 1. The number of rotatable bonds is 6. The summed E-state index contributed by atoms with van der Waals surface area (Å²) >= 11 is 6.10. The first kappa shape index (κ1) is 20.7. The van der Waals surface area contributed by atoms with Gasteiger partial charge in [0.2, 0.25) is 0 Å². The predicted octanol–water partition coefficient (Wildman–Crippen LogP) is 3.98. The van der Waals surface area contributed by atoms with Gasteiger partial charge in [0.1, 0.15) is 0 Å². The smallest absolute Gasteiger partial charge is 0.371 e. The summed E-state index contributed by atoms with van der Waals surface area (Å²) < 4.78 is 36.8. The van der Waals surface area contributed by atoms with Gasteiger partial charge in [-0.1, -0.05) is 17.7 Å². The fourth-order valence-corrected chi connectivity index (χ4v) is 3.17. The van der Waals surface area contributed by atoms with Crippen LogP contribution in [0.25, 0.3) is 0 Å². The summed E-state index contributed by atoms with van der Waals surface area (Å²) in [5.74, 6) is 0.806. The summed E-state index contributed by atoms with van der Waals surface area (Å²) in [5, 5.41) is 6.46. The maximum absolute atomic E-state index is 12.3. The minimum absolute atomic E-state index is 0.173. The molecule has 0 bridgehead atoms. The van der Waals surface area contributed by atoms with E-state index < -0.39 is 12.6 Å².